The summed E-state index contributed by atoms with van der Waals surface area (Å²) < 4.78 is 27.6. The summed E-state index contributed by atoms with van der Waals surface area (Å²) in [5.74, 6) is 4.43. The molecule has 1 heterocycles. The lowest BCUT2D eigenvalue weighted by atomic mass is 9.98. The van der Waals surface area contributed by atoms with E-state index in [0.717, 1.165) is 32.1 Å². The fourth-order valence-corrected chi connectivity index (χ4v) is 3.38. The van der Waals surface area contributed by atoms with Crippen molar-refractivity contribution in [1.29, 1.82) is 0 Å². The maximum atomic E-state index is 13.9. The van der Waals surface area contributed by atoms with Gasteiger partial charge in [0, 0.05) is 6.20 Å². The number of carbonyl (C=O) groups is 1. The van der Waals surface area contributed by atoms with Crippen LogP contribution in [0.25, 0.3) is 23.4 Å². The van der Waals surface area contributed by atoms with Crippen molar-refractivity contribution in [2.24, 2.45) is 5.84 Å². The highest BCUT2D eigenvalue weighted by atomic mass is 19.1. The normalized spacial score (nSPS) is 14.8. The number of fused-ring (bicyclic) bond motifs is 1. The predicted octanol–water partition coefficient (Wildman–Crippen LogP) is 2.40. The molecule has 3 aromatic carbocycles. The molecule has 3 aromatic rings. The van der Waals surface area contributed by atoms with E-state index < -0.39 is 17.9 Å². The van der Waals surface area contributed by atoms with Crippen LogP contribution in [0, 0.1) is 18.6 Å². The molecule has 4 rings (SSSR count). The van der Waals surface area contributed by atoms with Crippen LogP contribution in [0.4, 0.5) is 8.78 Å². The van der Waals surface area contributed by atoms with Gasteiger partial charge in [-0.3, -0.25) is 9.80 Å². The molecule has 0 saturated carbocycles. The van der Waals surface area contributed by atoms with Crippen LogP contribution in [0.15, 0.2) is 60.7 Å². The number of nitrogens with two attached hydrogens (primary N) is 1. The van der Waals surface area contributed by atoms with Gasteiger partial charge in [0.2, 0.25) is 0 Å². The van der Waals surface area contributed by atoms with Gasteiger partial charge in [-0.05, 0) is 70.5 Å². The third-order valence-electron chi connectivity index (χ3n) is 4.98. The second kappa shape index (κ2) is 7.48. The van der Waals surface area contributed by atoms with E-state index in [4.69, 9.17) is 5.84 Å². The van der Waals surface area contributed by atoms with E-state index in [1.54, 1.807) is 24.4 Å². The molecule has 0 saturated heterocycles. The summed E-state index contributed by atoms with van der Waals surface area (Å²) >= 11 is 0. The van der Waals surface area contributed by atoms with Crippen molar-refractivity contribution in [2.45, 2.75) is 13.1 Å². The van der Waals surface area contributed by atoms with Crippen molar-refractivity contribution in [3.63, 3.8) is 0 Å². The molecule has 1 aliphatic heterocycles. The number of halogens is 2. The van der Waals surface area contributed by atoms with Crippen molar-refractivity contribution in [2.75, 3.05) is 0 Å². The number of aryl methyl sites for hydroxylation is 1. The Balaban J connectivity index is 1.65. The second-order valence-corrected chi connectivity index (χ2v) is 6.92. The van der Waals surface area contributed by atoms with Crippen LogP contribution in [0.1, 0.15) is 15.9 Å². The van der Waals surface area contributed by atoms with Gasteiger partial charge in [0.25, 0.3) is 5.91 Å². The molecule has 6 heteroatoms. The molecular weight excluding hydrogens is 372 g/mol. The minimum Gasteiger partial charge on any atom is -0.366 e. The first-order valence-electron chi connectivity index (χ1n) is 9.11. The molecule has 0 fully saturated rings. The quantitative estimate of drug-likeness (QED) is 0.410. The van der Waals surface area contributed by atoms with Crippen LogP contribution in [0.5, 0.6) is 0 Å². The minimum atomic E-state index is -0.628. The van der Waals surface area contributed by atoms with Crippen LogP contribution >= 0.6 is 0 Å². The van der Waals surface area contributed by atoms with E-state index >= 15 is 0 Å². The Morgan fingerprint density at radius 2 is 1.83 bits per heavy atom. The second-order valence-electron chi connectivity index (χ2n) is 6.92. The number of hydrazine groups is 1. The molecule has 0 radical (unpaired) electrons. The van der Waals surface area contributed by atoms with Gasteiger partial charge in [-0.15, -0.1) is 0 Å². The number of benzene rings is 3. The highest BCUT2D eigenvalue weighted by Crippen LogP contribution is 2.22. The predicted molar refractivity (Wildman–Crippen MR) is 108 cm³/mol. The number of amides is 1. The monoisotopic (exact) mass is 391 g/mol. The van der Waals surface area contributed by atoms with Crippen LogP contribution in [-0.2, 0) is 0 Å². The Hall–Kier alpha value is -3.51. The Morgan fingerprint density at radius 1 is 1.03 bits per heavy atom. The lowest BCUT2D eigenvalue weighted by molar-refractivity contribution is 0.0706. The minimum absolute atomic E-state index is 0.0899. The molecule has 29 heavy (non-hydrogen) atoms. The van der Waals surface area contributed by atoms with Gasteiger partial charge in [0.05, 0.1) is 5.56 Å². The molecule has 4 nitrogen and oxygen atoms in total. The van der Waals surface area contributed by atoms with E-state index in [1.807, 2.05) is 25.1 Å². The van der Waals surface area contributed by atoms with Crippen LogP contribution in [0.2, 0.25) is 0 Å². The molecule has 1 atom stereocenters. The average molecular weight is 391 g/mol. The van der Waals surface area contributed by atoms with E-state index in [9.17, 15) is 13.6 Å². The molecule has 1 unspecified atom stereocenters. The van der Waals surface area contributed by atoms with Gasteiger partial charge >= 0.3 is 0 Å². The van der Waals surface area contributed by atoms with Crippen molar-refractivity contribution < 1.29 is 13.6 Å². The molecule has 1 aliphatic rings. The zero-order valence-electron chi connectivity index (χ0n) is 15.7. The smallest absolute Gasteiger partial charge is 0.272 e. The van der Waals surface area contributed by atoms with Crippen LogP contribution in [0.3, 0.4) is 0 Å². The summed E-state index contributed by atoms with van der Waals surface area (Å²) in [6.07, 6.45) is 2.90. The Labute approximate surface area is 166 Å². The average Bonchev–Trinajstić information content (AvgIpc) is 2.74. The van der Waals surface area contributed by atoms with Gasteiger partial charge in [0.15, 0.2) is 0 Å². The molecule has 1 amide bonds. The number of hydrogen-bond donors (Lipinski definition) is 2. The van der Waals surface area contributed by atoms with E-state index in [-0.39, 0.29) is 11.4 Å². The van der Waals surface area contributed by atoms with Crippen molar-refractivity contribution >= 4 is 18.2 Å². The van der Waals surface area contributed by atoms with Gasteiger partial charge in [-0.1, -0.05) is 30.3 Å². The Bertz CT molecular complexity index is 1220. The molecule has 0 spiro atoms. The van der Waals surface area contributed by atoms with E-state index in [1.165, 1.54) is 30.3 Å². The zero-order chi connectivity index (χ0) is 20.5. The van der Waals surface area contributed by atoms with Gasteiger partial charge in [-0.25, -0.2) is 14.6 Å². The number of nitrogens with one attached hydrogen (secondary N) is 1. The topological polar surface area (TPSA) is 58.4 Å². The Morgan fingerprint density at radius 3 is 2.62 bits per heavy atom. The maximum Gasteiger partial charge on any atom is 0.272 e. The summed E-state index contributed by atoms with van der Waals surface area (Å²) in [5.41, 5.74) is 2.59. The van der Waals surface area contributed by atoms with E-state index in [0.29, 0.717) is 0 Å². The van der Waals surface area contributed by atoms with Crippen molar-refractivity contribution in [1.82, 2.24) is 10.3 Å². The third kappa shape index (κ3) is 3.62. The fraction of sp³-hybridized carbons (Fsp3) is 0.0870. The number of rotatable bonds is 3. The maximum absolute atomic E-state index is 13.9. The summed E-state index contributed by atoms with van der Waals surface area (Å²) in [4.78, 5) is 12.5. The zero-order valence-corrected chi connectivity index (χ0v) is 15.7. The number of hydrogen-bond acceptors (Lipinski definition) is 3. The number of nitrogens with zero attached hydrogens (tertiary/aromatic N) is 1. The lowest BCUT2D eigenvalue weighted by Gasteiger charge is -2.27. The summed E-state index contributed by atoms with van der Waals surface area (Å²) in [5, 5.41) is 5.76. The third-order valence-corrected chi connectivity index (χ3v) is 4.98. The summed E-state index contributed by atoms with van der Waals surface area (Å²) in [6, 6.07) is 16.1. The standard InChI is InChI=1S/C23H19F2N3O/c1-14-6-9-18(24)12-20(14)16-8-7-15-11-22(27-13-17(15)10-16)28(26)23(29)19-4-2-3-5-21(19)25/h2-13,22,27H,26H2,1H3. The number of carbonyl (C=O) groups excluding carboxylic acids is 1. The van der Waals surface area contributed by atoms with Gasteiger partial charge in [-0.2, -0.15) is 0 Å². The first-order chi connectivity index (χ1) is 13.9. The molecular formula is C23H19F2N3O. The largest absolute Gasteiger partial charge is 0.366 e. The lowest BCUT2D eigenvalue weighted by Crippen LogP contribution is -2.54. The van der Waals surface area contributed by atoms with Crippen molar-refractivity contribution in [3.8, 4) is 11.1 Å². The first-order valence-corrected chi connectivity index (χ1v) is 9.11. The highest BCUT2D eigenvalue weighted by Gasteiger charge is 2.23. The summed E-state index contributed by atoms with van der Waals surface area (Å²) in [7, 11) is 0. The molecule has 0 aromatic heterocycles. The van der Waals surface area contributed by atoms with Crippen LogP contribution in [-0.4, -0.2) is 17.1 Å². The molecule has 146 valence electrons. The first kappa shape index (κ1) is 18.8. The van der Waals surface area contributed by atoms with Crippen LogP contribution < -0.4 is 21.6 Å². The van der Waals surface area contributed by atoms with E-state index in [2.05, 4.69) is 5.32 Å². The molecule has 0 bridgehead atoms. The molecule has 0 aliphatic carbocycles. The summed E-state index contributed by atoms with van der Waals surface area (Å²) in [6.45, 7) is 1.93. The van der Waals surface area contributed by atoms with Gasteiger partial charge < -0.3 is 5.32 Å². The molecule has 3 N–H and O–H groups in total. The highest BCUT2D eigenvalue weighted by molar-refractivity contribution is 5.94. The SMILES string of the molecule is Cc1ccc(F)cc1-c1ccc2c(c1)=CNC(N(N)C(=O)c1ccccc1F)C=2. The van der Waals surface area contributed by atoms with Crippen molar-refractivity contribution in [3.05, 3.63) is 93.9 Å². The van der Waals surface area contributed by atoms with Gasteiger partial charge in [0.1, 0.15) is 17.8 Å². The Kier molecular flexibility index (Phi) is 4.86. The fourth-order valence-electron chi connectivity index (χ4n) is 3.38.